The average Bonchev–Trinajstić information content (AvgIpc) is 3.24. The van der Waals surface area contributed by atoms with Crippen LogP contribution in [0.2, 0.25) is 0 Å². The minimum atomic E-state index is 0.251. The van der Waals surface area contributed by atoms with E-state index in [1.807, 2.05) is 23.7 Å². The van der Waals surface area contributed by atoms with Gasteiger partial charge in [0.05, 0.1) is 5.54 Å². The van der Waals surface area contributed by atoms with Gasteiger partial charge in [-0.1, -0.05) is 6.07 Å². The maximum absolute atomic E-state index is 4.27. The van der Waals surface area contributed by atoms with E-state index in [0.717, 1.165) is 6.54 Å². The molecule has 0 N–H and O–H groups in total. The lowest BCUT2D eigenvalue weighted by Gasteiger charge is -2.48. The lowest BCUT2D eigenvalue weighted by molar-refractivity contribution is 0.0404. The Hall–Kier alpha value is -1.23. The molecule has 1 saturated carbocycles. The molecule has 0 unspecified atom stereocenters. The maximum atomic E-state index is 4.27. The third-order valence-corrected chi connectivity index (χ3v) is 8.03. The molecule has 1 spiro atoms. The molecule has 1 aliphatic heterocycles. The second-order valence-corrected chi connectivity index (χ2v) is 9.95. The Kier molecular flexibility index (Phi) is 4.93. The van der Waals surface area contributed by atoms with E-state index in [2.05, 4.69) is 60.1 Å². The number of pyridine rings is 1. The molecular weight excluding hydrogens is 338 g/mol. The molecule has 0 atom stereocenters. The Morgan fingerprint density at radius 3 is 2.54 bits per heavy atom. The first-order valence-electron chi connectivity index (χ1n) is 9.87. The molecule has 2 fully saturated rings. The van der Waals surface area contributed by atoms with Crippen LogP contribution in [0.3, 0.4) is 0 Å². The van der Waals surface area contributed by atoms with Gasteiger partial charge < -0.3 is 0 Å². The first kappa shape index (κ1) is 18.1. The van der Waals surface area contributed by atoms with Gasteiger partial charge in [-0.3, -0.25) is 14.8 Å². The van der Waals surface area contributed by atoms with Gasteiger partial charge in [0.15, 0.2) is 0 Å². The normalized spacial score (nSPS) is 29.7. The van der Waals surface area contributed by atoms with Crippen molar-refractivity contribution in [1.29, 1.82) is 0 Å². The van der Waals surface area contributed by atoms with Crippen LogP contribution < -0.4 is 0 Å². The fourth-order valence-corrected chi connectivity index (χ4v) is 6.31. The summed E-state index contributed by atoms with van der Waals surface area (Å²) < 4.78 is 0. The van der Waals surface area contributed by atoms with Crippen LogP contribution in [0.5, 0.6) is 0 Å². The van der Waals surface area contributed by atoms with Crippen molar-refractivity contribution in [2.45, 2.75) is 51.1 Å². The Labute approximate surface area is 162 Å². The molecule has 0 aromatic carbocycles. The summed E-state index contributed by atoms with van der Waals surface area (Å²) in [5.41, 5.74) is 2.13. The van der Waals surface area contributed by atoms with Gasteiger partial charge in [-0.25, -0.2) is 0 Å². The number of thiophene rings is 1. The van der Waals surface area contributed by atoms with E-state index >= 15 is 0 Å². The molecule has 2 aromatic rings. The van der Waals surface area contributed by atoms with Gasteiger partial charge in [0, 0.05) is 35.2 Å². The molecule has 26 heavy (non-hydrogen) atoms. The molecule has 0 amide bonds. The van der Waals surface area contributed by atoms with E-state index in [1.165, 1.54) is 55.6 Å². The van der Waals surface area contributed by atoms with Gasteiger partial charge >= 0.3 is 0 Å². The highest BCUT2D eigenvalue weighted by Gasteiger charge is 2.48. The Morgan fingerprint density at radius 1 is 1.12 bits per heavy atom. The minimum Gasteiger partial charge on any atom is -0.299 e. The Morgan fingerprint density at radius 2 is 1.92 bits per heavy atom. The molecule has 4 rings (SSSR count). The number of nitrogens with zero attached hydrogens (tertiary/aromatic N) is 3. The van der Waals surface area contributed by atoms with Gasteiger partial charge in [0.2, 0.25) is 0 Å². The zero-order chi connectivity index (χ0) is 18.2. The molecule has 2 aromatic heterocycles. The summed E-state index contributed by atoms with van der Waals surface area (Å²) in [6.45, 7) is 5.78. The van der Waals surface area contributed by atoms with Gasteiger partial charge in [0.25, 0.3) is 0 Å². The highest BCUT2D eigenvalue weighted by molar-refractivity contribution is 7.12. The van der Waals surface area contributed by atoms with Crippen LogP contribution >= 0.6 is 11.3 Å². The van der Waals surface area contributed by atoms with Crippen molar-refractivity contribution in [1.82, 2.24) is 14.8 Å². The smallest absolute Gasteiger partial charge is 0.0549 e. The Bertz CT molecular complexity index is 729. The minimum absolute atomic E-state index is 0.251. The first-order valence-corrected chi connectivity index (χ1v) is 10.7. The SMILES string of the molecule is Cc1ccc(C2(N(C)C)CCC3(CCN(Cc4cccnc4)C3)CC2)s1. The highest BCUT2D eigenvalue weighted by atomic mass is 32.1. The van der Waals surface area contributed by atoms with Crippen LogP contribution in [-0.2, 0) is 12.1 Å². The van der Waals surface area contributed by atoms with Crippen molar-refractivity contribution in [3.8, 4) is 0 Å². The van der Waals surface area contributed by atoms with E-state index in [1.54, 1.807) is 4.88 Å². The molecule has 1 aliphatic carbocycles. The van der Waals surface area contributed by atoms with Crippen LogP contribution in [-0.4, -0.2) is 42.0 Å². The predicted molar refractivity (Wildman–Crippen MR) is 109 cm³/mol. The zero-order valence-electron chi connectivity index (χ0n) is 16.4. The molecule has 0 bridgehead atoms. The van der Waals surface area contributed by atoms with E-state index in [-0.39, 0.29) is 5.54 Å². The van der Waals surface area contributed by atoms with Gasteiger partial charge in [-0.15, -0.1) is 11.3 Å². The largest absolute Gasteiger partial charge is 0.299 e. The standard InChI is InChI=1S/C22H31N3S/c1-18-6-7-20(26-18)22(24(2)3)10-8-21(9-11-22)12-14-25(17-21)16-19-5-4-13-23-15-19/h4-7,13,15H,8-12,14,16-17H2,1-3H3. The predicted octanol–water partition coefficient (Wildman–Crippen LogP) is 4.67. The fraction of sp³-hybridized carbons (Fsp3) is 0.591. The zero-order valence-corrected chi connectivity index (χ0v) is 17.2. The summed E-state index contributed by atoms with van der Waals surface area (Å²) in [5, 5.41) is 0. The summed E-state index contributed by atoms with van der Waals surface area (Å²) in [7, 11) is 4.55. The summed E-state index contributed by atoms with van der Waals surface area (Å²) in [5.74, 6) is 0. The molecule has 4 heteroatoms. The van der Waals surface area contributed by atoms with Crippen LogP contribution in [0, 0.1) is 12.3 Å². The third-order valence-electron chi connectivity index (χ3n) is 6.84. The first-order chi connectivity index (χ1) is 12.5. The van der Waals surface area contributed by atoms with Crippen LogP contribution in [0.1, 0.15) is 47.4 Å². The van der Waals surface area contributed by atoms with Crippen LogP contribution in [0.25, 0.3) is 0 Å². The van der Waals surface area contributed by atoms with E-state index in [0.29, 0.717) is 5.41 Å². The molecule has 1 saturated heterocycles. The van der Waals surface area contributed by atoms with Crippen molar-refractivity contribution in [2.75, 3.05) is 27.2 Å². The van der Waals surface area contributed by atoms with E-state index < -0.39 is 0 Å². The third kappa shape index (κ3) is 3.35. The number of aryl methyl sites for hydroxylation is 1. The Balaban J connectivity index is 1.44. The molecule has 2 aliphatic rings. The van der Waals surface area contributed by atoms with Gasteiger partial charge in [-0.05, 0) is 88.8 Å². The van der Waals surface area contributed by atoms with Crippen molar-refractivity contribution >= 4 is 11.3 Å². The lowest BCUT2D eigenvalue weighted by atomic mass is 9.66. The molecule has 3 nitrogen and oxygen atoms in total. The second kappa shape index (κ2) is 7.06. The topological polar surface area (TPSA) is 19.4 Å². The highest BCUT2D eigenvalue weighted by Crippen LogP contribution is 2.52. The molecule has 0 radical (unpaired) electrons. The number of rotatable bonds is 4. The number of hydrogen-bond acceptors (Lipinski definition) is 4. The van der Waals surface area contributed by atoms with Crippen LogP contribution in [0.4, 0.5) is 0 Å². The summed E-state index contributed by atoms with van der Waals surface area (Å²) in [6.07, 6.45) is 10.5. The number of hydrogen-bond donors (Lipinski definition) is 0. The van der Waals surface area contributed by atoms with E-state index in [4.69, 9.17) is 0 Å². The van der Waals surface area contributed by atoms with Crippen molar-refractivity contribution < 1.29 is 0 Å². The quantitative estimate of drug-likeness (QED) is 0.780. The summed E-state index contributed by atoms with van der Waals surface area (Å²) in [4.78, 5) is 12.4. The molecule has 3 heterocycles. The van der Waals surface area contributed by atoms with Gasteiger partial charge in [-0.2, -0.15) is 0 Å². The lowest BCUT2D eigenvalue weighted by Crippen LogP contribution is -2.47. The second-order valence-electron chi connectivity index (χ2n) is 8.66. The number of likely N-dealkylation sites (tertiary alicyclic amines) is 1. The van der Waals surface area contributed by atoms with Gasteiger partial charge in [0.1, 0.15) is 0 Å². The van der Waals surface area contributed by atoms with Crippen molar-refractivity contribution in [3.05, 3.63) is 52.0 Å². The van der Waals surface area contributed by atoms with Crippen molar-refractivity contribution in [2.24, 2.45) is 5.41 Å². The van der Waals surface area contributed by atoms with E-state index in [9.17, 15) is 0 Å². The summed E-state index contributed by atoms with van der Waals surface area (Å²) in [6, 6.07) is 8.92. The monoisotopic (exact) mass is 369 g/mol. The van der Waals surface area contributed by atoms with Crippen molar-refractivity contribution in [3.63, 3.8) is 0 Å². The average molecular weight is 370 g/mol. The van der Waals surface area contributed by atoms with Crippen LogP contribution in [0.15, 0.2) is 36.7 Å². The summed E-state index contributed by atoms with van der Waals surface area (Å²) >= 11 is 2.00. The molecule has 140 valence electrons. The number of aromatic nitrogens is 1. The fourth-order valence-electron chi connectivity index (χ4n) is 5.11. The molecular formula is C22H31N3S. The maximum Gasteiger partial charge on any atom is 0.0549 e.